The molecule has 44 heavy (non-hydrogen) atoms. The number of nitrogen functional groups attached to an aromatic ring is 2. The van der Waals surface area contributed by atoms with Gasteiger partial charge in [0.2, 0.25) is 0 Å². The molecule has 0 bridgehead atoms. The summed E-state index contributed by atoms with van der Waals surface area (Å²) in [5.41, 5.74) is 12.5. The molecule has 0 saturated carbocycles. The van der Waals surface area contributed by atoms with Gasteiger partial charge in [-0.2, -0.15) is 0 Å². The van der Waals surface area contributed by atoms with Crippen LogP contribution in [0.2, 0.25) is 0 Å². The van der Waals surface area contributed by atoms with Crippen LogP contribution in [0.1, 0.15) is 12.5 Å². The Hall–Kier alpha value is -2.82. The van der Waals surface area contributed by atoms with E-state index in [9.17, 15) is 24.6 Å². The van der Waals surface area contributed by atoms with E-state index in [1.54, 1.807) is 0 Å². The van der Waals surface area contributed by atoms with Gasteiger partial charge in [0.1, 0.15) is 60.3 Å². The molecular formula is C20H23N10O11P2S-. The monoisotopic (exact) mass is 673 g/mol. The Morgan fingerprint density at radius 2 is 1.30 bits per heavy atom. The number of hydrogen-bond donors (Lipinski definition) is 5. The van der Waals surface area contributed by atoms with Crippen molar-refractivity contribution in [1.29, 1.82) is 0 Å². The maximum absolute atomic E-state index is 13.0. The summed E-state index contributed by atoms with van der Waals surface area (Å²) in [6.07, 6.45) is -6.54. The lowest BCUT2D eigenvalue weighted by Crippen LogP contribution is -2.40. The third-order valence-corrected chi connectivity index (χ3v) is 9.77. The number of imidazole rings is 2. The van der Waals surface area contributed by atoms with Crippen molar-refractivity contribution in [2.24, 2.45) is 0 Å². The second-order valence-corrected chi connectivity index (χ2v) is 14.1. The first-order valence-electron chi connectivity index (χ1n) is 12.8. The highest BCUT2D eigenvalue weighted by molar-refractivity contribution is 8.07. The molecule has 3 unspecified atom stereocenters. The minimum Gasteiger partial charge on any atom is -0.756 e. The van der Waals surface area contributed by atoms with Crippen LogP contribution in [-0.2, 0) is 43.9 Å². The van der Waals surface area contributed by atoms with Crippen molar-refractivity contribution < 1.29 is 52.1 Å². The van der Waals surface area contributed by atoms with Crippen LogP contribution in [0.15, 0.2) is 25.3 Å². The number of fused-ring (bicyclic) bond motifs is 4. The number of rotatable bonds is 2. The van der Waals surface area contributed by atoms with Gasteiger partial charge in [-0.05, 0) is 11.8 Å². The van der Waals surface area contributed by atoms with E-state index in [1.165, 1.54) is 34.4 Å². The number of phosphoric ester groups is 1. The number of anilines is 2. The molecule has 0 amide bonds. The normalized spacial score (nSPS) is 38.3. The summed E-state index contributed by atoms with van der Waals surface area (Å²) in [6.45, 7) is -5.54. The van der Waals surface area contributed by atoms with E-state index >= 15 is 0 Å². The molecule has 3 fully saturated rings. The van der Waals surface area contributed by atoms with E-state index < -0.39 is 76.8 Å². The zero-order valence-electron chi connectivity index (χ0n) is 22.0. The maximum Gasteiger partial charge on any atom is 0.325 e. The van der Waals surface area contributed by atoms with E-state index in [1.807, 2.05) is 0 Å². The number of ether oxygens (including phenoxy) is 2. The molecule has 4 aromatic heterocycles. The van der Waals surface area contributed by atoms with Gasteiger partial charge < -0.3 is 54.5 Å². The summed E-state index contributed by atoms with van der Waals surface area (Å²) in [4.78, 5) is 48.1. The molecular weight excluding hydrogens is 650 g/mol. The predicted octanol–water partition coefficient (Wildman–Crippen LogP) is -2.15. The average molecular weight is 673 g/mol. The molecule has 0 aromatic carbocycles. The summed E-state index contributed by atoms with van der Waals surface area (Å²) in [5, 5.41) is 22.3. The molecule has 236 valence electrons. The summed E-state index contributed by atoms with van der Waals surface area (Å²) in [7, 11) is -5.20. The number of nitrogens with two attached hydrogens (primary N) is 2. The Kier molecular flexibility index (Phi) is 7.41. The summed E-state index contributed by atoms with van der Waals surface area (Å²) >= 11 is 5.19. The van der Waals surface area contributed by atoms with Gasteiger partial charge in [0, 0.05) is 0 Å². The highest BCUT2D eigenvalue weighted by atomic mass is 32.5. The SMILES string of the molecule is Nc1ncnc2c1ncn2[C@@H]1O[C@@H]2COP(=O)([O-])O[C@@H]3C(COP(O)(=S)O[C@H]2[C@H]1O)O[C@@H](n1cnc2c(N)ncnc21)[C@@H]3O. The molecule has 21 nitrogen and oxygen atoms in total. The summed E-state index contributed by atoms with van der Waals surface area (Å²) in [6, 6.07) is 0. The minimum absolute atomic E-state index is 0.0683. The molecule has 24 heteroatoms. The van der Waals surface area contributed by atoms with Gasteiger partial charge in [-0.15, -0.1) is 0 Å². The molecule has 0 spiro atoms. The van der Waals surface area contributed by atoms with Crippen molar-refractivity contribution >= 4 is 60.3 Å². The Balaban J connectivity index is 1.17. The largest absolute Gasteiger partial charge is 0.756 e. The Morgan fingerprint density at radius 3 is 1.82 bits per heavy atom. The molecule has 7 heterocycles. The third kappa shape index (κ3) is 5.16. The highest BCUT2D eigenvalue weighted by Gasteiger charge is 2.52. The molecule has 7 rings (SSSR count). The topological polar surface area (TPSA) is 295 Å². The van der Waals surface area contributed by atoms with Gasteiger partial charge in [0.25, 0.3) is 7.82 Å². The van der Waals surface area contributed by atoms with Crippen LogP contribution in [0, 0.1) is 0 Å². The van der Waals surface area contributed by atoms with Crippen molar-refractivity contribution in [3.05, 3.63) is 25.3 Å². The smallest absolute Gasteiger partial charge is 0.325 e. The zero-order valence-corrected chi connectivity index (χ0v) is 24.6. The van der Waals surface area contributed by atoms with Crippen LogP contribution < -0.4 is 16.4 Å². The first kappa shape index (κ1) is 29.9. The average Bonchev–Trinajstić information content (AvgIpc) is 3.73. The first-order chi connectivity index (χ1) is 20.9. The fraction of sp³-hybridized carbons (Fsp3) is 0.500. The number of aromatic nitrogens is 8. The van der Waals surface area contributed by atoms with Crippen LogP contribution in [0.3, 0.4) is 0 Å². The van der Waals surface area contributed by atoms with Crippen molar-refractivity contribution in [2.75, 3.05) is 24.7 Å². The maximum atomic E-state index is 13.0. The van der Waals surface area contributed by atoms with Gasteiger partial charge in [-0.1, -0.05) is 0 Å². The molecule has 10 atom stereocenters. The van der Waals surface area contributed by atoms with Crippen molar-refractivity contribution in [1.82, 2.24) is 39.0 Å². The van der Waals surface area contributed by atoms with E-state index in [0.29, 0.717) is 0 Å². The Bertz CT molecular complexity index is 1700. The van der Waals surface area contributed by atoms with Crippen LogP contribution in [-0.4, -0.2) is 104 Å². The number of phosphoric acid groups is 1. The van der Waals surface area contributed by atoms with Crippen LogP contribution in [0.25, 0.3) is 22.3 Å². The predicted molar refractivity (Wildman–Crippen MR) is 145 cm³/mol. The lowest BCUT2D eigenvalue weighted by molar-refractivity contribution is -0.236. The van der Waals surface area contributed by atoms with Crippen molar-refractivity contribution in [2.45, 2.75) is 49.1 Å². The number of aliphatic hydroxyl groups is 2. The molecule has 7 N–H and O–H groups in total. The number of aliphatic hydroxyl groups excluding tert-OH is 2. The zero-order chi connectivity index (χ0) is 31.0. The van der Waals surface area contributed by atoms with Crippen molar-refractivity contribution in [3.8, 4) is 0 Å². The number of hydrogen-bond acceptors (Lipinski definition) is 19. The van der Waals surface area contributed by atoms with Gasteiger partial charge in [0.05, 0.1) is 25.9 Å². The van der Waals surface area contributed by atoms with Crippen molar-refractivity contribution in [3.63, 3.8) is 0 Å². The second-order valence-electron chi connectivity index (χ2n) is 9.92. The van der Waals surface area contributed by atoms with E-state index in [-0.39, 0.29) is 34.0 Å². The molecule has 3 aliphatic heterocycles. The van der Waals surface area contributed by atoms with E-state index in [4.69, 9.17) is 50.8 Å². The van der Waals surface area contributed by atoms with Gasteiger partial charge in [0.15, 0.2) is 35.4 Å². The van der Waals surface area contributed by atoms with Gasteiger partial charge >= 0.3 is 6.72 Å². The first-order valence-corrected chi connectivity index (χ1v) is 16.8. The van der Waals surface area contributed by atoms with Crippen LogP contribution in [0.4, 0.5) is 11.6 Å². The summed E-state index contributed by atoms with van der Waals surface area (Å²) in [5.74, 6) is 0.144. The molecule has 4 aromatic rings. The summed E-state index contributed by atoms with van der Waals surface area (Å²) < 4.78 is 48.9. The van der Waals surface area contributed by atoms with E-state index in [0.717, 1.165) is 0 Å². The fourth-order valence-electron chi connectivity index (χ4n) is 5.24. The third-order valence-electron chi connectivity index (χ3n) is 7.25. The van der Waals surface area contributed by atoms with Crippen LogP contribution >= 0.6 is 14.5 Å². The second kappa shape index (κ2) is 10.9. The number of nitrogens with zero attached hydrogens (tertiary/aromatic N) is 8. The highest BCUT2D eigenvalue weighted by Crippen LogP contribution is 2.52. The lowest BCUT2D eigenvalue weighted by atomic mass is 10.1. The van der Waals surface area contributed by atoms with E-state index in [2.05, 4.69) is 29.9 Å². The standard InChI is InChI=1S/C20H24N10O11P2S/c21-15-9-17(25-3-23-15)29(5-27-9)19-11(31)13-8(39-19)2-37-43(35,44)41-14-7(1-36-42(33,34)40-13)38-20(12(14)32)30-6-28-10-16(22)24-4-26-18(10)30/h3-8,11-14,19-20,31-32H,1-2H2,(H,33,34)(H,35,44)(H2,21,23,25)(H2,22,24,26)/p-1/t7-,8?,11-,12-,13-,14-,19-,20-,43?/m1/s1. The lowest BCUT2D eigenvalue weighted by Gasteiger charge is -2.33. The fourth-order valence-corrected chi connectivity index (χ4v) is 7.63. The van der Waals surface area contributed by atoms with Gasteiger partial charge in [-0.3, -0.25) is 18.2 Å². The molecule has 0 aliphatic carbocycles. The van der Waals surface area contributed by atoms with Crippen LogP contribution in [0.5, 0.6) is 0 Å². The molecule has 3 saturated heterocycles. The Labute approximate surface area is 250 Å². The Morgan fingerprint density at radius 1 is 0.818 bits per heavy atom. The quantitative estimate of drug-likeness (QED) is 0.142. The molecule has 3 aliphatic rings. The molecule has 0 radical (unpaired) electrons. The minimum atomic E-state index is -5.20. The van der Waals surface area contributed by atoms with Gasteiger partial charge in [-0.25, -0.2) is 29.9 Å².